The van der Waals surface area contributed by atoms with Gasteiger partial charge in [-0.15, -0.1) is 0 Å². The highest BCUT2D eigenvalue weighted by atomic mass is 19.1. The van der Waals surface area contributed by atoms with Gasteiger partial charge in [-0.05, 0) is 30.2 Å². The number of carbonyl (C=O) groups is 1. The van der Waals surface area contributed by atoms with Gasteiger partial charge in [0.2, 0.25) is 0 Å². The highest BCUT2D eigenvalue weighted by Crippen LogP contribution is 2.25. The molecule has 3 aromatic rings. The van der Waals surface area contributed by atoms with Crippen LogP contribution >= 0.6 is 0 Å². The Kier molecular flexibility index (Phi) is 5.63. The van der Waals surface area contributed by atoms with Crippen LogP contribution in [-0.4, -0.2) is 27.1 Å². The first-order chi connectivity index (χ1) is 14.5. The first kappa shape index (κ1) is 20.2. The molecule has 2 heterocycles. The third kappa shape index (κ3) is 3.85. The number of aromatic nitrogens is 2. The molecule has 0 unspecified atom stereocenters. The smallest absolute Gasteiger partial charge is 0.260 e. The monoisotopic (exact) mass is 411 g/mol. The van der Waals surface area contributed by atoms with Crippen LogP contribution in [-0.2, 0) is 38.0 Å². The summed E-state index contributed by atoms with van der Waals surface area (Å²) >= 11 is 0. The lowest BCUT2D eigenvalue weighted by Crippen LogP contribution is -2.37. The van der Waals surface area contributed by atoms with E-state index in [1.54, 1.807) is 4.68 Å². The Morgan fingerprint density at radius 2 is 1.83 bits per heavy atom. The molecular weight excluding hydrogens is 388 g/mol. The summed E-state index contributed by atoms with van der Waals surface area (Å²) in [6, 6.07) is 11.5. The zero-order valence-electron chi connectivity index (χ0n) is 17.0. The molecule has 2 aromatic carbocycles. The van der Waals surface area contributed by atoms with E-state index in [1.165, 1.54) is 11.0 Å². The molecule has 1 aliphatic heterocycles. The lowest BCUT2D eigenvalue weighted by atomic mass is 10.0. The Labute approximate surface area is 173 Å². The maximum absolute atomic E-state index is 14.1. The van der Waals surface area contributed by atoms with Crippen molar-refractivity contribution >= 4 is 5.91 Å². The van der Waals surface area contributed by atoms with E-state index in [0.29, 0.717) is 26.2 Å². The van der Waals surface area contributed by atoms with Crippen LogP contribution in [0.5, 0.6) is 0 Å². The van der Waals surface area contributed by atoms with Crippen LogP contribution in [0.15, 0.2) is 42.5 Å². The molecule has 4 rings (SSSR count). The van der Waals surface area contributed by atoms with E-state index in [1.807, 2.05) is 38.2 Å². The van der Waals surface area contributed by atoms with Gasteiger partial charge in [-0.2, -0.15) is 5.10 Å². The topological polar surface area (TPSA) is 47.4 Å². The number of ether oxygens (including phenoxy) is 1. The number of hydrogen-bond acceptors (Lipinski definition) is 3. The predicted molar refractivity (Wildman–Crippen MR) is 108 cm³/mol. The van der Waals surface area contributed by atoms with Gasteiger partial charge in [-0.25, -0.2) is 8.78 Å². The summed E-state index contributed by atoms with van der Waals surface area (Å²) in [7, 11) is 1.86. The zero-order valence-corrected chi connectivity index (χ0v) is 17.0. The van der Waals surface area contributed by atoms with E-state index in [0.717, 1.165) is 40.2 Å². The van der Waals surface area contributed by atoms with Crippen molar-refractivity contribution in [1.29, 1.82) is 0 Å². The number of hydrogen-bond donors (Lipinski definition) is 0. The molecule has 0 atom stereocenters. The quantitative estimate of drug-likeness (QED) is 0.639. The largest absolute Gasteiger partial charge is 0.370 e. The van der Waals surface area contributed by atoms with E-state index in [2.05, 4.69) is 5.10 Å². The van der Waals surface area contributed by atoms with Crippen molar-refractivity contribution in [2.45, 2.75) is 33.1 Å². The number of halogens is 2. The van der Waals surface area contributed by atoms with Gasteiger partial charge in [-0.3, -0.25) is 9.48 Å². The van der Waals surface area contributed by atoms with Crippen LogP contribution in [0.3, 0.4) is 0 Å². The van der Waals surface area contributed by atoms with Crippen molar-refractivity contribution in [1.82, 2.24) is 14.7 Å². The lowest BCUT2D eigenvalue weighted by molar-refractivity contribution is 0.0718. The highest BCUT2D eigenvalue weighted by molar-refractivity contribution is 5.94. The summed E-state index contributed by atoms with van der Waals surface area (Å²) < 4.78 is 35.8. The number of carbonyl (C=O) groups excluding carboxylic acids is 1. The van der Waals surface area contributed by atoms with Crippen molar-refractivity contribution in [3.05, 3.63) is 87.7 Å². The fraction of sp³-hybridized carbons (Fsp3) is 0.304. The minimum Gasteiger partial charge on any atom is -0.370 e. The van der Waals surface area contributed by atoms with Crippen LogP contribution in [0, 0.1) is 18.6 Å². The fourth-order valence-electron chi connectivity index (χ4n) is 3.85. The zero-order chi connectivity index (χ0) is 21.3. The first-order valence-corrected chi connectivity index (χ1v) is 9.85. The third-order valence-corrected chi connectivity index (χ3v) is 5.55. The standard InChI is InChI=1S/C23H23F2N3O2/c1-15-6-3-4-7-16(15)13-30-14-20-17-12-28(11-10-21(17)27(2)26-20)23(29)22-18(24)8-5-9-19(22)25/h3-9H,10-14H2,1-2H3. The molecule has 0 radical (unpaired) electrons. The second-order valence-electron chi connectivity index (χ2n) is 7.49. The second-order valence-corrected chi connectivity index (χ2v) is 7.49. The van der Waals surface area contributed by atoms with Gasteiger partial charge in [0.05, 0.1) is 18.9 Å². The van der Waals surface area contributed by atoms with Crippen LogP contribution in [0.2, 0.25) is 0 Å². The summed E-state index contributed by atoms with van der Waals surface area (Å²) in [5.41, 5.74) is 4.40. The number of rotatable bonds is 5. The average molecular weight is 411 g/mol. The second kappa shape index (κ2) is 8.36. The molecule has 0 spiro atoms. The Bertz CT molecular complexity index is 1070. The van der Waals surface area contributed by atoms with Crippen LogP contribution in [0.1, 0.15) is 38.4 Å². The maximum atomic E-state index is 14.1. The lowest BCUT2D eigenvalue weighted by Gasteiger charge is -2.28. The van der Waals surface area contributed by atoms with Crippen LogP contribution in [0.4, 0.5) is 8.78 Å². The summed E-state index contributed by atoms with van der Waals surface area (Å²) in [5, 5.41) is 4.55. The van der Waals surface area contributed by atoms with Gasteiger partial charge < -0.3 is 9.64 Å². The Morgan fingerprint density at radius 3 is 2.57 bits per heavy atom. The molecule has 156 valence electrons. The summed E-state index contributed by atoms with van der Waals surface area (Å²) in [5.74, 6) is -2.34. The molecule has 7 heteroatoms. The van der Waals surface area contributed by atoms with Crippen molar-refractivity contribution < 1.29 is 18.3 Å². The van der Waals surface area contributed by atoms with Gasteiger partial charge in [0.25, 0.3) is 5.91 Å². The molecule has 0 N–H and O–H groups in total. The molecular formula is C23H23F2N3O2. The number of fused-ring (bicyclic) bond motifs is 1. The summed E-state index contributed by atoms with van der Waals surface area (Å²) in [4.78, 5) is 14.3. The van der Waals surface area contributed by atoms with Crippen LogP contribution in [0.25, 0.3) is 0 Å². The number of nitrogens with zero attached hydrogens (tertiary/aromatic N) is 3. The number of amides is 1. The Hall–Kier alpha value is -3.06. The van der Waals surface area contributed by atoms with E-state index < -0.39 is 23.1 Å². The molecule has 1 aliphatic rings. The van der Waals surface area contributed by atoms with Crippen molar-refractivity contribution in [3.63, 3.8) is 0 Å². The minimum atomic E-state index is -0.848. The molecule has 0 saturated carbocycles. The molecule has 1 amide bonds. The molecule has 30 heavy (non-hydrogen) atoms. The van der Waals surface area contributed by atoms with E-state index in [9.17, 15) is 13.6 Å². The van der Waals surface area contributed by atoms with Gasteiger partial charge in [0, 0.05) is 37.8 Å². The molecule has 0 bridgehead atoms. The van der Waals surface area contributed by atoms with Crippen molar-refractivity contribution in [3.8, 4) is 0 Å². The van der Waals surface area contributed by atoms with E-state index in [-0.39, 0.29) is 6.54 Å². The van der Waals surface area contributed by atoms with Crippen LogP contribution < -0.4 is 0 Å². The third-order valence-electron chi connectivity index (χ3n) is 5.55. The normalized spacial score (nSPS) is 13.4. The summed E-state index contributed by atoms with van der Waals surface area (Å²) in [6.07, 6.45) is 0.568. The fourth-order valence-corrected chi connectivity index (χ4v) is 3.85. The molecule has 1 aromatic heterocycles. The molecule has 0 aliphatic carbocycles. The highest BCUT2D eigenvalue weighted by Gasteiger charge is 2.29. The van der Waals surface area contributed by atoms with Gasteiger partial charge in [0.15, 0.2) is 0 Å². The average Bonchev–Trinajstić information content (AvgIpc) is 3.04. The summed E-state index contributed by atoms with van der Waals surface area (Å²) in [6.45, 7) is 3.42. The SMILES string of the molecule is Cc1ccccc1COCc1nn(C)c2c1CN(C(=O)c1c(F)cccc1F)CC2. The van der Waals surface area contributed by atoms with Gasteiger partial charge in [-0.1, -0.05) is 30.3 Å². The minimum absolute atomic E-state index is 0.249. The van der Waals surface area contributed by atoms with E-state index in [4.69, 9.17) is 4.74 Å². The first-order valence-electron chi connectivity index (χ1n) is 9.85. The predicted octanol–water partition coefficient (Wildman–Crippen LogP) is 3.92. The molecule has 0 saturated heterocycles. The van der Waals surface area contributed by atoms with E-state index >= 15 is 0 Å². The number of benzene rings is 2. The maximum Gasteiger partial charge on any atom is 0.260 e. The number of aryl methyl sites for hydroxylation is 2. The Balaban J connectivity index is 1.50. The molecule has 5 nitrogen and oxygen atoms in total. The van der Waals surface area contributed by atoms with Crippen molar-refractivity contribution in [2.75, 3.05) is 6.54 Å². The van der Waals surface area contributed by atoms with Crippen molar-refractivity contribution in [2.24, 2.45) is 7.05 Å². The Morgan fingerprint density at radius 1 is 1.10 bits per heavy atom. The van der Waals surface area contributed by atoms with Gasteiger partial charge >= 0.3 is 0 Å². The van der Waals surface area contributed by atoms with Gasteiger partial charge in [0.1, 0.15) is 17.2 Å². The molecule has 0 fully saturated rings.